The van der Waals surface area contributed by atoms with Crippen molar-refractivity contribution in [2.75, 3.05) is 46.5 Å². The molecule has 28 heavy (non-hydrogen) atoms. The Hall–Kier alpha value is -1.54. The van der Waals surface area contributed by atoms with Crippen molar-refractivity contribution in [2.45, 2.75) is 70.6 Å². The van der Waals surface area contributed by atoms with Crippen LogP contribution in [0.5, 0.6) is 0 Å². The van der Waals surface area contributed by atoms with Crippen molar-refractivity contribution in [3.8, 4) is 0 Å². The highest BCUT2D eigenvalue weighted by molar-refractivity contribution is 5.74. The first kappa shape index (κ1) is 22.7. The largest absolute Gasteiger partial charge is 0.444 e. The summed E-state index contributed by atoms with van der Waals surface area (Å²) in [5, 5.41) is 2.96. The minimum absolute atomic E-state index is 0.0220. The number of piperidine rings is 1. The molecule has 0 radical (unpaired) electrons. The van der Waals surface area contributed by atoms with E-state index in [0.29, 0.717) is 26.2 Å². The molecular formula is C20H37N3O5. The second-order valence-electron chi connectivity index (χ2n) is 8.60. The fraction of sp³-hybridized carbons (Fsp3) is 0.900. The van der Waals surface area contributed by atoms with Gasteiger partial charge in [0.05, 0.1) is 12.1 Å². The molecule has 2 saturated heterocycles. The number of ether oxygens (including phenoxy) is 3. The van der Waals surface area contributed by atoms with Crippen LogP contribution in [0.1, 0.15) is 52.9 Å². The maximum Gasteiger partial charge on any atom is 0.410 e. The molecule has 2 aliphatic heterocycles. The van der Waals surface area contributed by atoms with E-state index < -0.39 is 5.60 Å². The number of likely N-dealkylation sites (tertiary alicyclic amines) is 1. The third-order valence-electron chi connectivity index (χ3n) is 5.03. The van der Waals surface area contributed by atoms with Crippen LogP contribution in [0.2, 0.25) is 0 Å². The summed E-state index contributed by atoms with van der Waals surface area (Å²) in [6.07, 6.45) is 4.38. The number of carbonyl (C=O) groups excluding carboxylic acids is 2. The first-order valence-corrected chi connectivity index (χ1v) is 10.4. The summed E-state index contributed by atoms with van der Waals surface area (Å²) in [5.74, 6) is 0. The van der Waals surface area contributed by atoms with E-state index >= 15 is 0 Å². The van der Waals surface area contributed by atoms with Gasteiger partial charge in [-0.15, -0.1) is 0 Å². The second kappa shape index (κ2) is 10.9. The molecular weight excluding hydrogens is 362 g/mol. The van der Waals surface area contributed by atoms with Gasteiger partial charge in [-0.3, -0.25) is 0 Å². The molecule has 0 aromatic carbocycles. The van der Waals surface area contributed by atoms with Crippen LogP contribution in [0, 0.1) is 0 Å². The van der Waals surface area contributed by atoms with Gasteiger partial charge in [0.2, 0.25) is 0 Å². The van der Waals surface area contributed by atoms with Gasteiger partial charge in [-0.2, -0.15) is 0 Å². The molecule has 0 saturated carbocycles. The zero-order valence-electron chi connectivity index (χ0n) is 17.9. The van der Waals surface area contributed by atoms with Crippen LogP contribution >= 0.6 is 0 Å². The molecule has 0 aliphatic carbocycles. The number of hydrogen-bond donors (Lipinski definition) is 1. The molecule has 8 nitrogen and oxygen atoms in total. The Labute approximate surface area is 168 Å². The summed E-state index contributed by atoms with van der Waals surface area (Å²) in [5.41, 5.74) is -0.524. The lowest BCUT2D eigenvalue weighted by Crippen LogP contribution is -2.53. The summed E-state index contributed by atoms with van der Waals surface area (Å²) < 4.78 is 16.6. The van der Waals surface area contributed by atoms with E-state index in [4.69, 9.17) is 14.2 Å². The molecule has 8 heteroatoms. The molecule has 2 heterocycles. The Bertz CT molecular complexity index is 503. The van der Waals surface area contributed by atoms with E-state index in [1.807, 2.05) is 20.8 Å². The van der Waals surface area contributed by atoms with Crippen LogP contribution in [0.15, 0.2) is 0 Å². The third kappa shape index (κ3) is 7.83. The third-order valence-corrected chi connectivity index (χ3v) is 5.03. The highest BCUT2D eigenvalue weighted by atomic mass is 16.6. The smallest absolute Gasteiger partial charge is 0.410 e. The molecule has 0 unspecified atom stereocenters. The molecule has 162 valence electrons. The average Bonchev–Trinajstić information content (AvgIpc) is 2.66. The Morgan fingerprint density at radius 3 is 2.61 bits per heavy atom. The van der Waals surface area contributed by atoms with E-state index in [1.165, 1.54) is 0 Å². The number of hydrogen-bond acceptors (Lipinski definition) is 5. The fourth-order valence-corrected chi connectivity index (χ4v) is 3.41. The standard InChI is InChI=1S/C20H37N3O5/c1-20(2,3)28-19(25)22(4)16-7-5-11-23(15-16)18(24)21-10-6-12-27-17-8-13-26-14-9-17/h16-17H,5-15H2,1-4H3,(H,21,24)/t16-/m0/s1. The Morgan fingerprint density at radius 2 is 1.93 bits per heavy atom. The fourth-order valence-electron chi connectivity index (χ4n) is 3.41. The van der Waals surface area contributed by atoms with Gasteiger partial charge < -0.3 is 29.3 Å². The van der Waals surface area contributed by atoms with Crippen molar-refractivity contribution < 1.29 is 23.8 Å². The van der Waals surface area contributed by atoms with Gasteiger partial charge >= 0.3 is 12.1 Å². The summed E-state index contributed by atoms with van der Waals surface area (Å²) in [6, 6.07) is -0.0976. The molecule has 3 amide bonds. The topological polar surface area (TPSA) is 80.3 Å². The monoisotopic (exact) mass is 399 g/mol. The van der Waals surface area contributed by atoms with Gasteiger partial charge in [0.15, 0.2) is 0 Å². The Balaban J connectivity index is 1.66. The number of nitrogens with zero attached hydrogens (tertiary/aromatic N) is 2. The highest BCUT2D eigenvalue weighted by Crippen LogP contribution is 2.18. The van der Waals surface area contributed by atoms with Gasteiger partial charge in [-0.25, -0.2) is 9.59 Å². The minimum Gasteiger partial charge on any atom is -0.444 e. The molecule has 0 aromatic heterocycles. The molecule has 1 atom stereocenters. The Kier molecular flexibility index (Phi) is 8.82. The highest BCUT2D eigenvalue weighted by Gasteiger charge is 2.30. The maximum absolute atomic E-state index is 12.5. The molecule has 1 N–H and O–H groups in total. The summed E-state index contributed by atoms with van der Waals surface area (Å²) >= 11 is 0. The van der Waals surface area contributed by atoms with Crippen molar-refractivity contribution >= 4 is 12.1 Å². The predicted octanol–water partition coefficient (Wildman–Crippen LogP) is 2.61. The molecule has 2 fully saturated rings. The lowest BCUT2D eigenvalue weighted by Gasteiger charge is -2.38. The Morgan fingerprint density at radius 1 is 1.21 bits per heavy atom. The quantitative estimate of drug-likeness (QED) is 0.695. The van der Waals surface area contributed by atoms with Crippen molar-refractivity contribution in [1.29, 1.82) is 0 Å². The number of urea groups is 1. The van der Waals surface area contributed by atoms with Crippen molar-refractivity contribution in [1.82, 2.24) is 15.1 Å². The van der Waals surface area contributed by atoms with Crippen LogP contribution in [0.3, 0.4) is 0 Å². The van der Waals surface area contributed by atoms with Crippen LogP contribution in [0.4, 0.5) is 9.59 Å². The number of rotatable bonds is 6. The van der Waals surface area contributed by atoms with Crippen molar-refractivity contribution in [2.24, 2.45) is 0 Å². The first-order chi connectivity index (χ1) is 13.3. The number of likely N-dealkylation sites (N-methyl/N-ethyl adjacent to an activating group) is 1. The lowest BCUT2D eigenvalue weighted by molar-refractivity contribution is -0.0321. The number of carbonyl (C=O) groups is 2. The van der Waals surface area contributed by atoms with E-state index in [1.54, 1.807) is 16.8 Å². The average molecular weight is 400 g/mol. The van der Waals surface area contributed by atoms with E-state index in [0.717, 1.165) is 45.3 Å². The van der Waals surface area contributed by atoms with Gasteiger partial charge in [0, 0.05) is 46.5 Å². The summed E-state index contributed by atoms with van der Waals surface area (Å²) in [4.78, 5) is 28.1. The molecule has 2 rings (SSSR count). The normalized spacial score (nSPS) is 21.3. The van der Waals surface area contributed by atoms with E-state index in [-0.39, 0.29) is 24.3 Å². The van der Waals surface area contributed by atoms with Crippen LogP contribution < -0.4 is 5.32 Å². The molecule has 0 spiro atoms. The molecule has 0 aromatic rings. The van der Waals surface area contributed by atoms with Crippen LogP contribution in [-0.2, 0) is 14.2 Å². The second-order valence-corrected chi connectivity index (χ2v) is 8.60. The van der Waals surface area contributed by atoms with Gasteiger partial charge in [-0.05, 0) is 52.9 Å². The van der Waals surface area contributed by atoms with Gasteiger partial charge in [0.25, 0.3) is 0 Å². The zero-order valence-corrected chi connectivity index (χ0v) is 17.9. The zero-order chi connectivity index (χ0) is 20.6. The maximum atomic E-state index is 12.5. The number of amides is 3. The summed E-state index contributed by atoms with van der Waals surface area (Å²) in [6.45, 7) is 9.58. The van der Waals surface area contributed by atoms with Crippen LogP contribution in [0.25, 0.3) is 0 Å². The SMILES string of the molecule is CN(C(=O)OC(C)(C)C)[C@H]1CCCN(C(=O)NCCCOC2CCOCC2)C1. The minimum atomic E-state index is -0.524. The van der Waals surface area contributed by atoms with E-state index in [9.17, 15) is 9.59 Å². The van der Waals surface area contributed by atoms with Gasteiger partial charge in [0.1, 0.15) is 5.60 Å². The van der Waals surface area contributed by atoms with Crippen molar-refractivity contribution in [3.05, 3.63) is 0 Å². The first-order valence-electron chi connectivity index (χ1n) is 10.4. The predicted molar refractivity (Wildman–Crippen MR) is 106 cm³/mol. The van der Waals surface area contributed by atoms with E-state index in [2.05, 4.69) is 5.32 Å². The number of nitrogens with one attached hydrogen (secondary N) is 1. The van der Waals surface area contributed by atoms with Gasteiger partial charge in [-0.1, -0.05) is 0 Å². The molecule has 0 bridgehead atoms. The van der Waals surface area contributed by atoms with Crippen LogP contribution in [-0.4, -0.2) is 86.2 Å². The lowest BCUT2D eigenvalue weighted by atomic mass is 10.1. The molecule has 2 aliphatic rings. The summed E-state index contributed by atoms with van der Waals surface area (Å²) in [7, 11) is 1.74. The van der Waals surface area contributed by atoms with Crippen molar-refractivity contribution in [3.63, 3.8) is 0 Å².